The van der Waals surface area contributed by atoms with Gasteiger partial charge < -0.3 is 15.3 Å². The molecule has 104 valence electrons. The summed E-state index contributed by atoms with van der Waals surface area (Å²) in [7, 11) is 1.78. The second-order valence-corrected chi connectivity index (χ2v) is 5.22. The van der Waals surface area contributed by atoms with Crippen LogP contribution in [0.3, 0.4) is 0 Å². The summed E-state index contributed by atoms with van der Waals surface area (Å²) < 4.78 is 0. The Labute approximate surface area is 109 Å². The Morgan fingerprint density at radius 3 is 2.22 bits per heavy atom. The highest BCUT2D eigenvalue weighted by Crippen LogP contribution is 2.35. The number of carboxylic acid groups (broad SMARTS) is 1. The predicted molar refractivity (Wildman–Crippen MR) is 69.5 cm³/mol. The smallest absolute Gasteiger partial charge is 0.317 e. The zero-order valence-corrected chi connectivity index (χ0v) is 11.5. The zero-order valence-electron chi connectivity index (χ0n) is 11.5. The van der Waals surface area contributed by atoms with Gasteiger partial charge in [0.25, 0.3) is 0 Å². The van der Waals surface area contributed by atoms with Gasteiger partial charge in [0, 0.05) is 13.1 Å². The molecule has 0 aliphatic heterocycles. The molecule has 1 saturated carbocycles. The number of hydrogen-bond donors (Lipinski definition) is 2. The van der Waals surface area contributed by atoms with E-state index in [9.17, 15) is 9.59 Å². The predicted octanol–water partition coefficient (Wildman–Crippen LogP) is 2.21. The summed E-state index contributed by atoms with van der Waals surface area (Å²) in [5.41, 5.74) is -0.511. The van der Waals surface area contributed by atoms with E-state index >= 15 is 0 Å². The van der Waals surface area contributed by atoms with Gasteiger partial charge in [0.15, 0.2) is 0 Å². The average molecular weight is 256 g/mol. The Morgan fingerprint density at radius 1 is 1.33 bits per heavy atom. The van der Waals surface area contributed by atoms with E-state index in [2.05, 4.69) is 5.32 Å². The van der Waals surface area contributed by atoms with E-state index in [1.165, 1.54) is 0 Å². The average Bonchev–Trinajstić information content (AvgIpc) is 2.26. The molecule has 18 heavy (non-hydrogen) atoms. The Bertz CT molecular complexity index is 309. The fourth-order valence-electron chi connectivity index (χ4n) is 2.56. The number of nitrogens with zero attached hydrogens (tertiary/aromatic N) is 1. The monoisotopic (exact) mass is 256 g/mol. The maximum atomic E-state index is 12.1. The van der Waals surface area contributed by atoms with E-state index in [-0.39, 0.29) is 18.5 Å². The van der Waals surface area contributed by atoms with Gasteiger partial charge in [0.1, 0.15) is 0 Å². The fourth-order valence-corrected chi connectivity index (χ4v) is 2.56. The minimum Gasteiger partial charge on any atom is -0.481 e. The summed E-state index contributed by atoms with van der Waals surface area (Å²) >= 11 is 0. The van der Waals surface area contributed by atoms with E-state index in [1.807, 2.05) is 13.8 Å². The molecule has 0 atom stereocenters. The Morgan fingerprint density at radius 2 is 1.89 bits per heavy atom. The standard InChI is InChI=1S/C13H24N2O3/c1-4-10(5-2)15(3)12(18)14-13(7-6-8-13)9-11(16)17/h10H,4-9H2,1-3H3,(H,14,18)(H,16,17). The van der Waals surface area contributed by atoms with Crippen LogP contribution in [0.15, 0.2) is 0 Å². The van der Waals surface area contributed by atoms with Gasteiger partial charge in [-0.1, -0.05) is 13.8 Å². The van der Waals surface area contributed by atoms with E-state index < -0.39 is 11.5 Å². The summed E-state index contributed by atoms with van der Waals surface area (Å²) in [4.78, 5) is 24.7. The third-order valence-corrected chi connectivity index (χ3v) is 3.98. The van der Waals surface area contributed by atoms with Gasteiger partial charge in [-0.15, -0.1) is 0 Å². The molecule has 1 rings (SSSR count). The van der Waals surface area contributed by atoms with Crippen LogP contribution in [0, 0.1) is 0 Å². The van der Waals surface area contributed by atoms with Gasteiger partial charge in [0.2, 0.25) is 0 Å². The van der Waals surface area contributed by atoms with Gasteiger partial charge in [-0.2, -0.15) is 0 Å². The maximum absolute atomic E-state index is 12.1. The third-order valence-electron chi connectivity index (χ3n) is 3.98. The Balaban J connectivity index is 2.59. The molecule has 0 radical (unpaired) electrons. The summed E-state index contributed by atoms with van der Waals surface area (Å²) in [6, 6.07) is 0.0663. The summed E-state index contributed by atoms with van der Waals surface area (Å²) in [5.74, 6) is -0.847. The van der Waals surface area contributed by atoms with E-state index in [4.69, 9.17) is 5.11 Å². The molecule has 2 amide bonds. The molecule has 2 N–H and O–H groups in total. The molecule has 0 spiro atoms. The molecule has 0 aromatic heterocycles. The van der Waals surface area contributed by atoms with E-state index in [0.29, 0.717) is 0 Å². The maximum Gasteiger partial charge on any atom is 0.317 e. The summed E-state index contributed by atoms with van der Waals surface area (Å²) in [5, 5.41) is 11.8. The number of urea groups is 1. The Kier molecular flexibility index (Phi) is 4.99. The van der Waals surface area contributed by atoms with Crippen molar-refractivity contribution in [3.63, 3.8) is 0 Å². The molecule has 0 bridgehead atoms. The third kappa shape index (κ3) is 3.37. The van der Waals surface area contributed by atoms with Crippen molar-refractivity contribution in [1.29, 1.82) is 0 Å². The molecule has 5 heteroatoms. The van der Waals surface area contributed by atoms with Gasteiger partial charge in [-0.05, 0) is 32.1 Å². The van der Waals surface area contributed by atoms with Gasteiger partial charge in [-0.3, -0.25) is 4.79 Å². The lowest BCUT2D eigenvalue weighted by molar-refractivity contribution is -0.139. The molecular weight excluding hydrogens is 232 g/mol. The van der Waals surface area contributed by atoms with Crippen LogP contribution in [-0.4, -0.2) is 40.6 Å². The second-order valence-electron chi connectivity index (χ2n) is 5.22. The molecule has 0 aromatic rings. The molecule has 0 heterocycles. The van der Waals surface area contributed by atoms with Crippen LogP contribution < -0.4 is 5.32 Å². The fraction of sp³-hybridized carbons (Fsp3) is 0.846. The first-order chi connectivity index (χ1) is 8.44. The van der Waals surface area contributed by atoms with Crippen LogP contribution in [0.5, 0.6) is 0 Å². The first-order valence-electron chi connectivity index (χ1n) is 6.71. The van der Waals surface area contributed by atoms with Crippen molar-refractivity contribution in [1.82, 2.24) is 10.2 Å². The highest BCUT2D eigenvalue weighted by molar-refractivity contribution is 5.77. The van der Waals surface area contributed by atoms with Crippen molar-refractivity contribution in [2.24, 2.45) is 0 Å². The lowest BCUT2D eigenvalue weighted by Gasteiger charge is -2.43. The van der Waals surface area contributed by atoms with Gasteiger partial charge in [0.05, 0.1) is 12.0 Å². The van der Waals surface area contributed by atoms with Crippen LogP contribution in [0.4, 0.5) is 4.79 Å². The first-order valence-corrected chi connectivity index (χ1v) is 6.71. The molecular formula is C13H24N2O3. The van der Waals surface area contributed by atoms with E-state index in [0.717, 1.165) is 32.1 Å². The van der Waals surface area contributed by atoms with Gasteiger partial charge in [-0.25, -0.2) is 4.79 Å². The number of hydrogen-bond acceptors (Lipinski definition) is 2. The number of amides is 2. The molecule has 1 aliphatic carbocycles. The lowest BCUT2D eigenvalue weighted by atomic mass is 9.74. The highest BCUT2D eigenvalue weighted by atomic mass is 16.4. The van der Waals surface area contributed by atoms with Crippen molar-refractivity contribution in [2.75, 3.05) is 7.05 Å². The normalized spacial score (nSPS) is 17.1. The van der Waals surface area contributed by atoms with E-state index in [1.54, 1.807) is 11.9 Å². The number of aliphatic carboxylic acids is 1. The van der Waals surface area contributed by atoms with Crippen molar-refractivity contribution in [3.05, 3.63) is 0 Å². The Hall–Kier alpha value is -1.26. The van der Waals surface area contributed by atoms with Crippen LogP contribution in [0.25, 0.3) is 0 Å². The van der Waals surface area contributed by atoms with Gasteiger partial charge >= 0.3 is 12.0 Å². The number of rotatable bonds is 6. The number of nitrogens with one attached hydrogen (secondary N) is 1. The number of carbonyl (C=O) groups excluding carboxylic acids is 1. The van der Waals surface area contributed by atoms with Crippen molar-refractivity contribution in [3.8, 4) is 0 Å². The first kappa shape index (κ1) is 14.8. The zero-order chi connectivity index (χ0) is 13.8. The van der Waals surface area contributed by atoms with Crippen LogP contribution in [0.1, 0.15) is 52.4 Å². The van der Waals surface area contributed by atoms with Crippen molar-refractivity contribution >= 4 is 12.0 Å². The molecule has 1 aliphatic rings. The van der Waals surface area contributed by atoms with Crippen LogP contribution in [0.2, 0.25) is 0 Å². The largest absolute Gasteiger partial charge is 0.481 e. The molecule has 1 fully saturated rings. The number of carboxylic acids is 1. The molecule has 0 aromatic carbocycles. The highest BCUT2D eigenvalue weighted by Gasteiger charge is 2.41. The van der Waals surface area contributed by atoms with Crippen LogP contribution in [-0.2, 0) is 4.79 Å². The lowest BCUT2D eigenvalue weighted by Crippen LogP contribution is -2.58. The summed E-state index contributed by atoms with van der Waals surface area (Å²) in [6.45, 7) is 4.10. The quantitative estimate of drug-likeness (QED) is 0.765. The SMILES string of the molecule is CCC(CC)N(C)C(=O)NC1(CC(=O)O)CCC1. The molecule has 5 nitrogen and oxygen atoms in total. The minimum absolute atomic E-state index is 0.0233. The molecule has 0 unspecified atom stereocenters. The second kappa shape index (κ2) is 6.07. The van der Waals surface area contributed by atoms with Crippen LogP contribution >= 0.6 is 0 Å². The van der Waals surface area contributed by atoms with Crippen molar-refractivity contribution in [2.45, 2.75) is 64.0 Å². The topological polar surface area (TPSA) is 69.6 Å². The minimum atomic E-state index is -0.847. The summed E-state index contributed by atoms with van der Waals surface area (Å²) in [6.07, 6.45) is 4.36. The van der Waals surface area contributed by atoms with Crippen molar-refractivity contribution < 1.29 is 14.7 Å². The molecule has 0 saturated heterocycles. The number of carbonyl (C=O) groups is 2.